The van der Waals surface area contributed by atoms with E-state index in [0.717, 1.165) is 23.3 Å². The second kappa shape index (κ2) is 3.92. The quantitative estimate of drug-likeness (QED) is 0.845. The predicted octanol–water partition coefficient (Wildman–Crippen LogP) is 2.62. The highest BCUT2D eigenvalue weighted by molar-refractivity contribution is 7.12. The van der Waals surface area contributed by atoms with Gasteiger partial charge in [-0.05, 0) is 57.6 Å². The number of carbonyl (C=O) groups excluding carboxylic acids is 2. The molecular formula is C15H19NO2S. The predicted molar refractivity (Wildman–Crippen MR) is 75.5 cm³/mol. The van der Waals surface area contributed by atoms with Crippen molar-refractivity contribution in [2.24, 2.45) is 5.92 Å². The Morgan fingerprint density at radius 1 is 1.16 bits per heavy atom. The molecule has 102 valence electrons. The molecule has 1 aliphatic carbocycles. The van der Waals surface area contributed by atoms with Crippen LogP contribution in [0.4, 0.5) is 0 Å². The molecule has 1 aliphatic heterocycles. The van der Waals surface area contributed by atoms with Crippen molar-refractivity contribution in [2.75, 3.05) is 0 Å². The molecule has 1 aromatic rings. The molecule has 3 rings (SSSR count). The minimum atomic E-state index is -0.625. The maximum absolute atomic E-state index is 12.7. The number of ketones is 1. The van der Waals surface area contributed by atoms with Crippen LogP contribution < -0.4 is 5.32 Å². The highest BCUT2D eigenvalue weighted by Gasteiger charge is 2.57. The molecular weight excluding hydrogens is 258 g/mol. The lowest BCUT2D eigenvalue weighted by Gasteiger charge is -2.21. The Kier molecular flexibility index (Phi) is 2.65. The van der Waals surface area contributed by atoms with Crippen LogP contribution in [0.25, 0.3) is 0 Å². The van der Waals surface area contributed by atoms with Gasteiger partial charge in [0.1, 0.15) is 5.92 Å². The monoisotopic (exact) mass is 277 g/mol. The Morgan fingerprint density at radius 3 is 2.26 bits per heavy atom. The molecule has 1 aromatic heterocycles. The summed E-state index contributed by atoms with van der Waals surface area (Å²) in [6.07, 6.45) is 2.10. The number of carbonyl (C=O) groups is 2. The van der Waals surface area contributed by atoms with E-state index >= 15 is 0 Å². The van der Waals surface area contributed by atoms with Gasteiger partial charge in [0.15, 0.2) is 5.78 Å². The number of hydrogen-bond acceptors (Lipinski definition) is 3. The summed E-state index contributed by atoms with van der Waals surface area (Å²) in [5.41, 5.74) is 1.69. The van der Waals surface area contributed by atoms with Crippen molar-refractivity contribution in [1.29, 1.82) is 0 Å². The molecule has 2 aliphatic rings. The Bertz CT molecular complexity index is 585. The average molecular weight is 277 g/mol. The summed E-state index contributed by atoms with van der Waals surface area (Å²) in [4.78, 5) is 27.1. The van der Waals surface area contributed by atoms with Crippen molar-refractivity contribution in [3.05, 3.63) is 20.9 Å². The Morgan fingerprint density at radius 2 is 1.79 bits per heavy atom. The molecule has 0 radical (unpaired) electrons. The van der Waals surface area contributed by atoms with Crippen molar-refractivity contribution in [3.63, 3.8) is 0 Å². The van der Waals surface area contributed by atoms with Gasteiger partial charge in [0.05, 0.1) is 5.54 Å². The van der Waals surface area contributed by atoms with Crippen molar-refractivity contribution in [3.8, 4) is 0 Å². The average Bonchev–Trinajstić information content (AvgIpc) is 3.12. The highest BCUT2D eigenvalue weighted by Crippen LogP contribution is 2.47. The molecule has 3 nitrogen and oxygen atoms in total. The molecule has 2 heterocycles. The number of amides is 1. The molecule has 19 heavy (non-hydrogen) atoms. The number of thiophene rings is 1. The van der Waals surface area contributed by atoms with Crippen molar-refractivity contribution >= 4 is 23.0 Å². The van der Waals surface area contributed by atoms with Crippen LogP contribution in [-0.2, 0) is 9.59 Å². The van der Waals surface area contributed by atoms with E-state index in [1.807, 2.05) is 20.8 Å². The van der Waals surface area contributed by atoms with E-state index in [4.69, 9.17) is 0 Å². The Balaban J connectivity index is 2.03. The molecule has 0 bridgehead atoms. The number of rotatable bonds is 2. The first-order valence-electron chi connectivity index (χ1n) is 6.79. The summed E-state index contributed by atoms with van der Waals surface area (Å²) in [6.45, 7) is 8.02. The zero-order valence-corrected chi connectivity index (χ0v) is 12.6. The molecule has 1 saturated carbocycles. The minimum Gasteiger partial charge on any atom is -0.343 e. The third-order valence-corrected chi connectivity index (χ3v) is 6.17. The van der Waals surface area contributed by atoms with Gasteiger partial charge < -0.3 is 5.32 Å². The second-order valence-corrected chi connectivity index (χ2v) is 7.29. The minimum absolute atomic E-state index is 0.0735. The SMILES string of the molecule is Cc1sc(C2C(=O)NC(C)(C3CC3)C2=O)c(C)c1C. The number of Topliss-reactive ketones (excluding diaryl/α,β-unsaturated/α-hetero) is 1. The second-order valence-electron chi connectivity index (χ2n) is 6.04. The van der Waals surface area contributed by atoms with Crippen LogP contribution in [0.5, 0.6) is 0 Å². The van der Waals surface area contributed by atoms with E-state index in [2.05, 4.69) is 12.2 Å². The fraction of sp³-hybridized carbons (Fsp3) is 0.600. The summed E-state index contributed by atoms with van der Waals surface area (Å²) < 4.78 is 0. The van der Waals surface area contributed by atoms with Crippen LogP contribution in [0.3, 0.4) is 0 Å². The van der Waals surface area contributed by atoms with Gasteiger partial charge in [-0.2, -0.15) is 0 Å². The van der Waals surface area contributed by atoms with E-state index in [1.165, 1.54) is 10.4 Å². The fourth-order valence-electron chi connectivity index (χ4n) is 3.05. The molecule has 1 saturated heterocycles. The number of nitrogens with one attached hydrogen (secondary N) is 1. The smallest absolute Gasteiger partial charge is 0.236 e. The summed E-state index contributed by atoms with van der Waals surface area (Å²) in [5, 5.41) is 2.96. The Labute approximate surface area is 117 Å². The molecule has 4 heteroatoms. The van der Waals surface area contributed by atoms with E-state index < -0.39 is 11.5 Å². The van der Waals surface area contributed by atoms with Gasteiger partial charge in [-0.25, -0.2) is 0 Å². The number of hydrogen-bond donors (Lipinski definition) is 1. The summed E-state index contributed by atoms with van der Waals surface area (Å²) in [6, 6.07) is 0. The van der Waals surface area contributed by atoms with E-state index in [0.29, 0.717) is 5.92 Å². The van der Waals surface area contributed by atoms with Crippen LogP contribution in [0.2, 0.25) is 0 Å². The van der Waals surface area contributed by atoms with E-state index in [1.54, 1.807) is 11.3 Å². The summed E-state index contributed by atoms with van der Waals surface area (Å²) in [7, 11) is 0. The first-order valence-corrected chi connectivity index (χ1v) is 7.60. The zero-order chi connectivity index (χ0) is 13.9. The maximum Gasteiger partial charge on any atom is 0.236 e. The van der Waals surface area contributed by atoms with Crippen LogP contribution in [0.1, 0.15) is 46.6 Å². The van der Waals surface area contributed by atoms with E-state index in [9.17, 15) is 9.59 Å². The lowest BCUT2D eigenvalue weighted by molar-refractivity contribution is -0.125. The molecule has 0 aromatic carbocycles. The third-order valence-electron chi connectivity index (χ3n) is 4.80. The largest absolute Gasteiger partial charge is 0.343 e. The Hall–Kier alpha value is -1.16. The number of aryl methyl sites for hydroxylation is 1. The molecule has 0 spiro atoms. The zero-order valence-electron chi connectivity index (χ0n) is 11.8. The van der Waals surface area contributed by atoms with Crippen LogP contribution >= 0.6 is 11.3 Å². The van der Waals surface area contributed by atoms with Crippen LogP contribution in [-0.4, -0.2) is 17.2 Å². The van der Waals surface area contributed by atoms with Crippen molar-refractivity contribution in [2.45, 2.75) is 52.0 Å². The standard InChI is InChI=1S/C15H19NO2S/c1-7-8(2)12(19-9(7)3)11-13(17)15(4,10-5-6-10)16-14(11)18/h10-11H,5-6H2,1-4H3,(H,16,18). The lowest BCUT2D eigenvalue weighted by atomic mass is 9.87. The molecule has 2 fully saturated rings. The van der Waals surface area contributed by atoms with Gasteiger partial charge in [-0.3, -0.25) is 9.59 Å². The van der Waals surface area contributed by atoms with Crippen LogP contribution in [0.15, 0.2) is 0 Å². The summed E-state index contributed by atoms with van der Waals surface area (Å²) in [5.74, 6) is -0.271. The van der Waals surface area contributed by atoms with Gasteiger partial charge in [0, 0.05) is 9.75 Å². The van der Waals surface area contributed by atoms with Gasteiger partial charge in [-0.15, -0.1) is 11.3 Å². The first-order chi connectivity index (χ1) is 8.86. The summed E-state index contributed by atoms with van der Waals surface area (Å²) >= 11 is 1.60. The maximum atomic E-state index is 12.7. The topological polar surface area (TPSA) is 46.2 Å². The first kappa shape index (κ1) is 12.9. The van der Waals surface area contributed by atoms with Crippen molar-refractivity contribution in [1.82, 2.24) is 5.32 Å². The van der Waals surface area contributed by atoms with E-state index in [-0.39, 0.29) is 11.7 Å². The van der Waals surface area contributed by atoms with Gasteiger partial charge >= 0.3 is 0 Å². The molecule has 2 atom stereocenters. The fourth-order valence-corrected chi connectivity index (χ4v) is 4.33. The van der Waals surface area contributed by atoms with Crippen LogP contribution in [0, 0.1) is 26.7 Å². The molecule has 1 amide bonds. The highest BCUT2D eigenvalue weighted by atomic mass is 32.1. The molecule has 2 unspecified atom stereocenters. The lowest BCUT2D eigenvalue weighted by Crippen LogP contribution is -2.45. The van der Waals surface area contributed by atoms with Crippen molar-refractivity contribution < 1.29 is 9.59 Å². The van der Waals surface area contributed by atoms with Gasteiger partial charge in [-0.1, -0.05) is 0 Å². The van der Waals surface area contributed by atoms with Gasteiger partial charge in [0.2, 0.25) is 5.91 Å². The van der Waals surface area contributed by atoms with Gasteiger partial charge in [0.25, 0.3) is 0 Å². The molecule has 1 N–H and O–H groups in total. The normalized spacial score (nSPS) is 30.8. The third kappa shape index (κ3) is 1.69.